The summed E-state index contributed by atoms with van der Waals surface area (Å²) in [4.78, 5) is 0.322. The third kappa shape index (κ3) is 3.50. The molecule has 0 fully saturated rings. The zero-order chi connectivity index (χ0) is 12.0. The zero-order valence-electron chi connectivity index (χ0n) is 9.56. The number of benzene rings is 1. The van der Waals surface area contributed by atoms with Crippen molar-refractivity contribution < 1.29 is 13.2 Å². The molecule has 0 saturated carbocycles. The topological polar surface area (TPSA) is 55.4 Å². The minimum atomic E-state index is -3.19. The Kier molecular flexibility index (Phi) is 4.76. The van der Waals surface area contributed by atoms with Crippen LogP contribution in [0, 0.1) is 0 Å². The summed E-state index contributed by atoms with van der Waals surface area (Å²) >= 11 is 0. The van der Waals surface area contributed by atoms with Gasteiger partial charge in [0.2, 0.25) is 0 Å². The first-order valence-electron chi connectivity index (χ1n) is 5.11. The number of sulfone groups is 1. The molecule has 4 nitrogen and oxygen atoms in total. The molecule has 0 saturated heterocycles. The highest BCUT2D eigenvalue weighted by Crippen LogP contribution is 2.18. The van der Waals surface area contributed by atoms with Crippen LogP contribution in [0.4, 0.5) is 0 Å². The Morgan fingerprint density at radius 1 is 1.38 bits per heavy atom. The van der Waals surface area contributed by atoms with E-state index in [1.54, 1.807) is 31.3 Å². The molecule has 0 aliphatic heterocycles. The van der Waals surface area contributed by atoms with Gasteiger partial charge in [0.05, 0.1) is 17.8 Å². The van der Waals surface area contributed by atoms with Crippen molar-refractivity contribution >= 4 is 9.84 Å². The van der Waals surface area contributed by atoms with Crippen molar-refractivity contribution in [3.63, 3.8) is 0 Å². The summed E-state index contributed by atoms with van der Waals surface area (Å²) in [5, 5.41) is 2.93. The van der Waals surface area contributed by atoms with E-state index in [9.17, 15) is 8.42 Å². The van der Waals surface area contributed by atoms with Crippen molar-refractivity contribution in [2.24, 2.45) is 0 Å². The first-order valence-corrected chi connectivity index (χ1v) is 6.77. The van der Waals surface area contributed by atoms with E-state index in [1.165, 1.54) is 7.11 Å². The van der Waals surface area contributed by atoms with Gasteiger partial charge in [-0.1, -0.05) is 6.07 Å². The van der Waals surface area contributed by atoms with E-state index >= 15 is 0 Å². The van der Waals surface area contributed by atoms with Crippen LogP contribution in [-0.2, 0) is 9.84 Å². The number of nitrogens with one attached hydrogen (secondary N) is 1. The lowest BCUT2D eigenvalue weighted by molar-refractivity contribution is 0.413. The highest BCUT2D eigenvalue weighted by atomic mass is 32.2. The maximum atomic E-state index is 11.9. The molecule has 0 amide bonds. The summed E-state index contributed by atoms with van der Waals surface area (Å²) in [5.41, 5.74) is 0. The fraction of sp³-hybridized carbons (Fsp3) is 0.455. The molecule has 1 rings (SSSR count). The molecule has 90 valence electrons. The number of rotatable bonds is 6. The summed E-state index contributed by atoms with van der Waals surface area (Å²) in [5.74, 6) is 0.718. The van der Waals surface area contributed by atoms with Gasteiger partial charge in [-0.25, -0.2) is 8.42 Å². The number of methoxy groups -OCH3 is 1. The molecule has 0 bridgehead atoms. The molecule has 16 heavy (non-hydrogen) atoms. The third-order valence-electron chi connectivity index (χ3n) is 2.24. The van der Waals surface area contributed by atoms with Gasteiger partial charge in [-0.05, 0) is 38.2 Å². The van der Waals surface area contributed by atoms with Crippen LogP contribution in [0.3, 0.4) is 0 Å². The highest BCUT2D eigenvalue weighted by molar-refractivity contribution is 7.91. The Bertz CT molecular complexity index is 429. The average Bonchev–Trinajstić information content (AvgIpc) is 2.29. The van der Waals surface area contributed by atoms with Crippen LogP contribution in [0.1, 0.15) is 6.42 Å². The van der Waals surface area contributed by atoms with Gasteiger partial charge in [-0.3, -0.25) is 0 Å². The Morgan fingerprint density at radius 3 is 2.75 bits per heavy atom. The van der Waals surface area contributed by atoms with Gasteiger partial charge in [0, 0.05) is 0 Å². The van der Waals surface area contributed by atoms with E-state index in [0.717, 1.165) is 0 Å². The second kappa shape index (κ2) is 5.86. The molecular weight excluding hydrogens is 226 g/mol. The molecule has 0 aromatic heterocycles. The van der Waals surface area contributed by atoms with Gasteiger partial charge >= 0.3 is 0 Å². The van der Waals surface area contributed by atoms with E-state index in [4.69, 9.17) is 4.74 Å². The lowest BCUT2D eigenvalue weighted by Crippen LogP contribution is -2.14. The van der Waals surface area contributed by atoms with Crippen LogP contribution in [0.15, 0.2) is 29.2 Å². The molecule has 0 atom stereocenters. The molecule has 0 spiro atoms. The summed E-state index contributed by atoms with van der Waals surface area (Å²) < 4.78 is 28.8. The number of hydrogen-bond acceptors (Lipinski definition) is 4. The van der Waals surface area contributed by atoms with E-state index in [0.29, 0.717) is 23.6 Å². The third-order valence-corrected chi connectivity index (χ3v) is 4.04. The molecule has 5 heteroatoms. The summed E-state index contributed by atoms with van der Waals surface area (Å²) in [7, 11) is 0.139. The number of hydrogen-bond donors (Lipinski definition) is 1. The minimum absolute atomic E-state index is 0.154. The molecule has 0 unspecified atom stereocenters. The summed E-state index contributed by atoms with van der Waals surface area (Å²) in [6, 6.07) is 6.56. The normalized spacial score (nSPS) is 11.4. The van der Waals surface area contributed by atoms with Crippen molar-refractivity contribution in [2.75, 3.05) is 26.5 Å². The fourth-order valence-corrected chi connectivity index (χ4v) is 2.69. The van der Waals surface area contributed by atoms with Gasteiger partial charge in [0.15, 0.2) is 9.84 Å². The van der Waals surface area contributed by atoms with Crippen molar-refractivity contribution in [1.29, 1.82) is 0 Å². The second-order valence-corrected chi connectivity index (χ2v) is 5.56. The van der Waals surface area contributed by atoms with Gasteiger partial charge in [0.25, 0.3) is 0 Å². The Morgan fingerprint density at radius 2 is 2.12 bits per heavy atom. The number of ether oxygens (including phenoxy) is 1. The predicted octanol–water partition coefficient (Wildman–Crippen LogP) is 1.08. The molecule has 1 N–H and O–H groups in total. The van der Waals surface area contributed by atoms with E-state index in [-0.39, 0.29) is 5.75 Å². The predicted molar refractivity (Wildman–Crippen MR) is 63.6 cm³/mol. The molecule has 0 aliphatic carbocycles. The first-order chi connectivity index (χ1) is 7.60. The first kappa shape index (κ1) is 13.0. The SMILES string of the molecule is CNCCCS(=O)(=O)c1cccc(OC)c1. The van der Waals surface area contributed by atoms with Crippen LogP contribution < -0.4 is 10.1 Å². The van der Waals surface area contributed by atoms with E-state index in [1.807, 2.05) is 0 Å². The Balaban J connectivity index is 2.81. The highest BCUT2D eigenvalue weighted by Gasteiger charge is 2.14. The van der Waals surface area contributed by atoms with Crippen LogP contribution >= 0.6 is 0 Å². The molecule has 0 aliphatic rings. The fourth-order valence-electron chi connectivity index (χ4n) is 1.35. The smallest absolute Gasteiger partial charge is 0.178 e. The molecule has 0 radical (unpaired) electrons. The second-order valence-electron chi connectivity index (χ2n) is 3.45. The van der Waals surface area contributed by atoms with Gasteiger partial charge in [-0.15, -0.1) is 0 Å². The lowest BCUT2D eigenvalue weighted by Gasteiger charge is -2.06. The van der Waals surface area contributed by atoms with Crippen molar-refractivity contribution in [1.82, 2.24) is 5.32 Å². The van der Waals surface area contributed by atoms with Crippen molar-refractivity contribution in [3.05, 3.63) is 24.3 Å². The van der Waals surface area contributed by atoms with Gasteiger partial charge < -0.3 is 10.1 Å². The van der Waals surface area contributed by atoms with Gasteiger partial charge in [0.1, 0.15) is 5.75 Å². The molecule has 1 aromatic rings. The largest absolute Gasteiger partial charge is 0.497 e. The maximum absolute atomic E-state index is 11.9. The molecular formula is C11H17NO3S. The van der Waals surface area contributed by atoms with Crippen LogP contribution in [0.25, 0.3) is 0 Å². The van der Waals surface area contributed by atoms with E-state index in [2.05, 4.69) is 5.32 Å². The van der Waals surface area contributed by atoms with Crippen LogP contribution in [0.2, 0.25) is 0 Å². The maximum Gasteiger partial charge on any atom is 0.178 e. The molecule has 0 heterocycles. The van der Waals surface area contributed by atoms with Crippen molar-refractivity contribution in [2.45, 2.75) is 11.3 Å². The van der Waals surface area contributed by atoms with E-state index < -0.39 is 9.84 Å². The quantitative estimate of drug-likeness (QED) is 0.760. The standard InChI is InChI=1S/C11H17NO3S/c1-12-7-4-8-16(13,14)11-6-3-5-10(9-11)15-2/h3,5-6,9,12H,4,7-8H2,1-2H3. The van der Waals surface area contributed by atoms with Crippen LogP contribution in [0.5, 0.6) is 5.75 Å². The van der Waals surface area contributed by atoms with Crippen molar-refractivity contribution in [3.8, 4) is 5.75 Å². The lowest BCUT2D eigenvalue weighted by atomic mass is 10.3. The van der Waals surface area contributed by atoms with Crippen LogP contribution in [-0.4, -0.2) is 34.9 Å². The Hall–Kier alpha value is -1.07. The Labute approximate surface area is 96.5 Å². The molecule has 1 aromatic carbocycles. The zero-order valence-corrected chi connectivity index (χ0v) is 10.4. The average molecular weight is 243 g/mol. The van der Waals surface area contributed by atoms with Gasteiger partial charge in [-0.2, -0.15) is 0 Å². The summed E-state index contributed by atoms with van der Waals surface area (Å²) in [6.45, 7) is 0.698. The minimum Gasteiger partial charge on any atom is -0.497 e. The summed E-state index contributed by atoms with van der Waals surface area (Å²) in [6.07, 6.45) is 0.607. The monoisotopic (exact) mass is 243 g/mol.